The van der Waals surface area contributed by atoms with Gasteiger partial charge in [0.15, 0.2) is 0 Å². The zero-order valence-electron chi connectivity index (χ0n) is 10.5. The van der Waals surface area contributed by atoms with Gasteiger partial charge >= 0.3 is 0 Å². The first kappa shape index (κ1) is 12.8. The molecule has 1 amide bonds. The molecule has 2 rings (SSSR count). The van der Waals surface area contributed by atoms with Crippen molar-refractivity contribution in [3.05, 3.63) is 0 Å². The third-order valence-corrected chi connectivity index (χ3v) is 3.85. The van der Waals surface area contributed by atoms with Gasteiger partial charge in [-0.25, -0.2) is 0 Å². The number of rotatable bonds is 4. The lowest BCUT2D eigenvalue weighted by atomic mass is 10.2. The van der Waals surface area contributed by atoms with E-state index in [9.17, 15) is 4.79 Å². The molecule has 3 N–H and O–H groups in total. The van der Waals surface area contributed by atoms with Crippen LogP contribution in [0.2, 0.25) is 0 Å². The quantitative estimate of drug-likeness (QED) is 0.709. The highest BCUT2D eigenvalue weighted by atomic mass is 16.5. The lowest BCUT2D eigenvalue weighted by Gasteiger charge is -2.20. The minimum Gasteiger partial charge on any atom is -0.364 e. The topological polar surface area (TPSA) is 67.6 Å². The van der Waals surface area contributed by atoms with E-state index in [1.807, 2.05) is 0 Å². The SMILES string of the molecule is CN1CCCC1CNC(=O)C1CCC(CN)O1. The fourth-order valence-electron chi connectivity index (χ4n) is 2.64. The van der Waals surface area contributed by atoms with Crippen LogP contribution in [0.1, 0.15) is 25.7 Å². The van der Waals surface area contributed by atoms with Crippen molar-refractivity contribution in [3.63, 3.8) is 0 Å². The summed E-state index contributed by atoms with van der Waals surface area (Å²) in [4.78, 5) is 14.2. The van der Waals surface area contributed by atoms with Crippen LogP contribution in [0.15, 0.2) is 0 Å². The van der Waals surface area contributed by atoms with Crippen LogP contribution in [0.3, 0.4) is 0 Å². The predicted octanol–water partition coefficient (Wildman–Crippen LogP) is -0.297. The van der Waals surface area contributed by atoms with Gasteiger partial charge in [0.1, 0.15) is 6.10 Å². The molecule has 3 atom stereocenters. The molecule has 0 aromatic carbocycles. The predicted molar refractivity (Wildman–Crippen MR) is 65.6 cm³/mol. The number of ether oxygens (including phenoxy) is 1. The minimum absolute atomic E-state index is 0.0289. The van der Waals surface area contributed by atoms with Gasteiger partial charge in [-0.15, -0.1) is 0 Å². The molecular weight excluding hydrogens is 218 g/mol. The van der Waals surface area contributed by atoms with Gasteiger partial charge in [0.25, 0.3) is 0 Å². The van der Waals surface area contributed by atoms with E-state index in [1.165, 1.54) is 12.8 Å². The summed E-state index contributed by atoms with van der Waals surface area (Å²) >= 11 is 0. The Kier molecular flexibility index (Phi) is 4.36. The van der Waals surface area contributed by atoms with Gasteiger partial charge in [-0.3, -0.25) is 4.79 Å². The lowest BCUT2D eigenvalue weighted by molar-refractivity contribution is -0.132. The normalized spacial score (nSPS) is 34.1. The number of likely N-dealkylation sites (tertiary alicyclic amines) is 1. The van der Waals surface area contributed by atoms with E-state index in [2.05, 4.69) is 17.3 Å². The Labute approximate surface area is 103 Å². The highest BCUT2D eigenvalue weighted by Gasteiger charge is 2.30. The molecule has 98 valence electrons. The van der Waals surface area contributed by atoms with Crippen molar-refractivity contribution in [1.29, 1.82) is 0 Å². The Morgan fingerprint density at radius 1 is 1.47 bits per heavy atom. The van der Waals surface area contributed by atoms with Gasteiger partial charge in [0.2, 0.25) is 5.91 Å². The number of carbonyl (C=O) groups is 1. The highest BCUT2D eigenvalue weighted by Crippen LogP contribution is 2.19. The van der Waals surface area contributed by atoms with Crippen LogP contribution < -0.4 is 11.1 Å². The van der Waals surface area contributed by atoms with Gasteiger partial charge < -0.3 is 20.7 Å². The number of amides is 1. The maximum atomic E-state index is 11.9. The largest absolute Gasteiger partial charge is 0.364 e. The fourth-order valence-corrected chi connectivity index (χ4v) is 2.64. The molecule has 2 aliphatic heterocycles. The molecular formula is C12H23N3O2. The Balaban J connectivity index is 1.70. The second-order valence-corrected chi connectivity index (χ2v) is 5.08. The number of carbonyl (C=O) groups excluding carboxylic acids is 1. The summed E-state index contributed by atoms with van der Waals surface area (Å²) in [5.74, 6) is 0.0289. The lowest BCUT2D eigenvalue weighted by Crippen LogP contribution is -2.42. The van der Waals surface area contributed by atoms with Gasteiger partial charge in [-0.1, -0.05) is 0 Å². The van der Waals surface area contributed by atoms with Crippen molar-refractivity contribution in [3.8, 4) is 0 Å². The molecule has 0 aromatic heterocycles. The molecule has 5 heteroatoms. The first-order valence-electron chi connectivity index (χ1n) is 6.54. The summed E-state index contributed by atoms with van der Waals surface area (Å²) in [6, 6.07) is 0.491. The van der Waals surface area contributed by atoms with Gasteiger partial charge in [-0.2, -0.15) is 0 Å². The third-order valence-electron chi connectivity index (χ3n) is 3.85. The summed E-state index contributed by atoms with van der Waals surface area (Å²) in [7, 11) is 2.11. The van der Waals surface area contributed by atoms with Crippen molar-refractivity contribution in [1.82, 2.24) is 10.2 Å². The van der Waals surface area contributed by atoms with Crippen LogP contribution in [0.5, 0.6) is 0 Å². The average molecular weight is 241 g/mol. The number of nitrogens with zero attached hydrogens (tertiary/aromatic N) is 1. The molecule has 0 aromatic rings. The van der Waals surface area contributed by atoms with Crippen molar-refractivity contribution in [2.75, 3.05) is 26.7 Å². The van der Waals surface area contributed by atoms with Crippen LogP contribution in [0.4, 0.5) is 0 Å². The molecule has 0 radical (unpaired) electrons. The Hall–Kier alpha value is -0.650. The number of hydrogen-bond donors (Lipinski definition) is 2. The maximum absolute atomic E-state index is 11.9. The van der Waals surface area contributed by atoms with Crippen molar-refractivity contribution >= 4 is 5.91 Å². The average Bonchev–Trinajstić information content (AvgIpc) is 2.94. The first-order valence-corrected chi connectivity index (χ1v) is 6.54. The highest BCUT2D eigenvalue weighted by molar-refractivity contribution is 5.81. The molecule has 2 aliphatic rings. The first-order chi connectivity index (χ1) is 8.20. The minimum atomic E-state index is -0.282. The summed E-state index contributed by atoms with van der Waals surface area (Å²) in [6.45, 7) is 2.38. The second kappa shape index (κ2) is 5.80. The summed E-state index contributed by atoms with van der Waals surface area (Å²) in [5.41, 5.74) is 5.52. The summed E-state index contributed by atoms with van der Waals surface area (Å²) in [5, 5.41) is 3.00. The Morgan fingerprint density at radius 3 is 2.88 bits per heavy atom. The number of hydrogen-bond acceptors (Lipinski definition) is 4. The number of nitrogens with two attached hydrogens (primary N) is 1. The van der Waals surface area contributed by atoms with E-state index >= 15 is 0 Å². The molecule has 2 heterocycles. The molecule has 0 bridgehead atoms. The van der Waals surface area contributed by atoms with E-state index in [-0.39, 0.29) is 18.1 Å². The van der Waals surface area contributed by atoms with Gasteiger partial charge in [0.05, 0.1) is 6.10 Å². The molecule has 0 aliphatic carbocycles. The Bertz CT molecular complexity index is 272. The Morgan fingerprint density at radius 2 is 2.29 bits per heavy atom. The van der Waals surface area contributed by atoms with E-state index in [0.717, 1.165) is 25.9 Å². The monoisotopic (exact) mass is 241 g/mol. The van der Waals surface area contributed by atoms with Crippen LogP contribution >= 0.6 is 0 Å². The van der Waals surface area contributed by atoms with Crippen LogP contribution in [-0.2, 0) is 9.53 Å². The van der Waals surface area contributed by atoms with E-state index < -0.39 is 0 Å². The van der Waals surface area contributed by atoms with E-state index in [0.29, 0.717) is 12.6 Å². The summed E-state index contributed by atoms with van der Waals surface area (Å²) in [6.07, 6.45) is 3.89. The number of likely N-dealkylation sites (N-methyl/N-ethyl adjacent to an activating group) is 1. The third kappa shape index (κ3) is 3.18. The molecule has 17 heavy (non-hydrogen) atoms. The van der Waals surface area contributed by atoms with Crippen LogP contribution in [-0.4, -0.2) is 55.7 Å². The molecule has 5 nitrogen and oxygen atoms in total. The van der Waals surface area contributed by atoms with Crippen molar-refractivity contribution < 1.29 is 9.53 Å². The molecule has 3 unspecified atom stereocenters. The summed E-state index contributed by atoms with van der Waals surface area (Å²) < 4.78 is 5.56. The molecule has 0 saturated carbocycles. The van der Waals surface area contributed by atoms with Crippen LogP contribution in [0.25, 0.3) is 0 Å². The van der Waals surface area contributed by atoms with Crippen molar-refractivity contribution in [2.24, 2.45) is 5.73 Å². The molecule has 2 fully saturated rings. The number of nitrogens with one attached hydrogen (secondary N) is 1. The molecule has 2 saturated heterocycles. The van der Waals surface area contributed by atoms with Gasteiger partial charge in [0, 0.05) is 19.1 Å². The fraction of sp³-hybridized carbons (Fsp3) is 0.917. The maximum Gasteiger partial charge on any atom is 0.249 e. The zero-order chi connectivity index (χ0) is 12.3. The second-order valence-electron chi connectivity index (χ2n) is 5.08. The van der Waals surface area contributed by atoms with Crippen molar-refractivity contribution in [2.45, 2.75) is 43.9 Å². The van der Waals surface area contributed by atoms with Gasteiger partial charge in [-0.05, 0) is 39.3 Å². The standard InChI is InChI=1S/C12H23N3O2/c1-15-6-2-3-9(15)8-14-12(16)11-5-4-10(7-13)17-11/h9-11H,2-8,13H2,1H3,(H,14,16). The van der Waals surface area contributed by atoms with E-state index in [4.69, 9.17) is 10.5 Å². The smallest absolute Gasteiger partial charge is 0.249 e. The van der Waals surface area contributed by atoms with Crippen LogP contribution in [0, 0.1) is 0 Å². The van der Waals surface area contributed by atoms with E-state index in [1.54, 1.807) is 0 Å². The molecule has 0 spiro atoms. The zero-order valence-corrected chi connectivity index (χ0v) is 10.5.